The molecule has 0 aliphatic heterocycles. The molecule has 0 aliphatic carbocycles. The quantitative estimate of drug-likeness (QED) is 0.327. The number of rotatable bonds is 5. The van der Waals surface area contributed by atoms with Gasteiger partial charge < -0.3 is 15.7 Å². The van der Waals surface area contributed by atoms with E-state index in [4.69, 9.17) is 0 Å². The molecule has 0 spiro atoms. The maximum atomic E-state index is 13.3. The van der Waals surface area contributed by atoms with E-state index in [1.807, 2.05) is 0 Å². The molecule has 6 nitrogen and oxygen atoms in total. The first-order chi connectivity index (χ1) is 11.0. The number of benzene rings is 1. The van der Waals surface area contributed by atoms with Crippen LogP contribution in [0.4, 0.5) is 4.39 Å². The summed E-state index contributed by atoms with van der Waals surface area (Å²) in [6.07, 6.45) is 2.68. The highest BCUT2D eigenvalue weighted by molar-refractivity contribution is 14.0. The molecule has 0 saturated heterocycles. The van der Waals surface area contributed by atoms with Crippen LogP contribution in [-0.2, 0) is 13.6 Å². The zero-order valence-corrected chi connectivity index (χ0v) is 17.2. The number of hydrogen-bond donors (Lipinski definition) is 3. The molecule has 132 valence electrons. The van der Waals surface area contributed by atoms with E-state index in [9.17, 15) is 9.50 Å². The average molecular weight is 512 g/mol. The average Bonchev–Trinajstić information content (AvgIpc) is 2.97. The van der Waals surface area contributed by atoms with Crippen molar-refractivity contribution in [2.75, 3.05) is 13.6 Å². The van der Waals surface area contributed by atoms with Gasteiger partial charge in [0.15, 0.2) is 5.96 Å². The third kappa shape index (κ3) is 6.02. The minimum Gasteiger partial charge on any atom is -0.386 e. The second-order valence-electron chi connectivity index (χ2n) is 5.01. The van der Waals surface area contributed by atoms with Gasteiger partial charge >= 0.3 is 0 Å². The first-order valence-electron chi connectivity index (χ1n) is 7.04. The largest absolute Gasteiger partial charge is 0.386 e. The number of halogens is 3. The van der Waals surface area contributed by atoms with E-state index < -0.39 is 6.10 Å². The van der Waals surface area contributed by atoms with Gasteiger partial charge in [0.25, 0.3) is 0 Å². The Hall–Kier alpha value is -1.20. The molecule has 1 heterocycles. The molecule has 2 rings (SSSR count). The van der Waals surface area contributed by atoms with Crippen LogP contribution in [0, 0.1) is 5.82 Å². The van der Waals surface area contributed by atoms with E-state index in [1.54, 1.807) is 37.2 Å². The molecule has 1 unspecified atom stereocenters. The standard InChI is InChI=1S/C15H19BrFN5O.HI/c1-18-15(19-6-10-5-12(17)3-4-13(10)16)20-8-14(23)11-7-21-22(2)9-11;/h3-5,7,9,14,23H,6,8H2,1-2H3,(H2,18,19,20);1H. The van der Waals surface area contributed by atoms with Gasteiger partial charge in [0, 0.05) is 43.4 Å². The molecule has 3 N–H and O–H groups in total. The lowest BCUT2D eigenvalue weighted by molar-refractivity contribution is 0.180. The summed E-state index contributed by atoms with van der Waals surface area (Å²) in [6.45, 7) is 0.691. The molecule has 0 radical (unpaired) electrons. The summed E-state index contributed by atoms with van der Waals surface area (Å²) < 4.78 is 15.7. The Kier molecular flexibility index (Phi) is 8.63. The number of aliphatic imine (C=N–C) groups is 1. The number of guanidine groups is 1. The Morgan fingerprint density at radius 1 is 1.46 bits per heavy atom. The van der Waals surface area contributed by atoms with Crippen LogP contribution < -0.4 is 10.6 Å². The van der Waals surface area contributed by atoms with Crippen molar-refractivity contribution >= 4 is 45.9 Å². The van der Waals surface area contributed by atoms with Crippen LogP contribution in [0.25, 0.3) is 0 Å². The number of aromatic nitrogens is 2. The van der Waals surface area contributed by atoms with Crippen molar-refractivity contribution in [1.29, 1.82) is 0 Å². The van der Waals surface area contributed by atoms with Gasteiger partial charge in [-0.3, -0.25) is 9.67 Å². The third-order valence-corrected chi connectivity index (χ3v) is 4.02. The van der Waals surface area contributed by atoms with Crippen molar-refractivity contribution in [3.8, 4) is 0 Å². The highest BCUT2D eigenvalue weighted by Crippen LogP contribution is 2.17. The molecule has 9 heteroatoms. The highest BCUT2D eigenvalue weighted by Gasteiger charge is 2.10. The topological polar surface area (TPSA) is 74.5 Å². The Bertz CT molecular complexity index is 694. The van der Waals surface area contributed by atoms with Crippen molar-refractivity contribution < 1.29 is 9.50 Å². The minimum absolute atomic E-state index is 0. The molecule has 24 heavy (non-hydrogen) atoms. The van der Waals surface area contributed by atoms with E-state index in [2.05, 4.69) is 36.7 Å². The summed E-state index contributed by atoms with van der Waals surface area (Å²) in [5.74, 6) is 0.226. The minimum atomic E-state index is -0.692. The number of aryl methyl sites for hydroxylation is 1. The van der Waals surface area contributed by atoms with Crippen LogP contribution in [-0.4, -0.2) is 34.4 Å². The first kappa shape index (κ1) is 20.8. The van der Waals surface area contributed by atoms with Crippen LogP contribution in [0.3, 0.4) is 0 Å². The van der Waals surface area contributed by atoms with Crippen LogP contribution in [0.15, 0.2) is 40.1 Å². The lowest BCUT2D eigenvalue weighted by Gasteiger charge is -2.15. The van der Waals surface area contributed by atoms with Gasteiger partial charge in [0.1, 0.15) is 5.82 Å². The number of aliphatic hydroxyl groups excluding tert-OH is 1. The number of aliphatic hydroxyl groups is 1. The molecule has 2 aromatic rings. The molecule has 1 aromatic heterocycles. The van der Waals surface area contributed by atoms with E-state index in [-0.39, 0.29) is 36.3 Å². The van der Waals surface area contributed by atoms with Crippen molar-refractivity contribution in [3.63, 3.8) is 0 Å². The maximum Gasteiger partial charge on any atom is 0.191 e. The molecule has 0 aliphatic rings. The Morgan fingerprint density at radius 2 is 2.21 bits per heavy atom. The fraction of sp³-hybridized carbons (Fsp3) is 0.333. The SMILES string of the molecule is CN=C(NCc1cc(F)ccc1Br)NCC(O)c1cnn(C)c1.I. The fourth-order valence-corrected chi connectivity index (χ4v) is 2.39. The second-order valence-corrected chi connectivity index (χ2v) is 5.86. The summed E-state index contributed by atoms with van der Waals surface area (Å²) in [4.78, 5) is 4.08. The molecule has 0 amide bonds. The predicted molar refractivity (Wildman–Crippen MR) is 106 cm³/mol. The van der Waals surface area contributed by atoms with Gasteiger partial charge in [-0.2, -0.15) is 5.10 Å². The Labute approximate surface area is 165 Å². The fourth-order valence-electron chi connectivity index (χ4n) is 2.00. The molecule has 1 atom stereocenters. The molecule has 0 saturated carbocycles. The Balaban J connectivity index is 0.00000288. The third-order valence-electron chi connectivity index (χ3n) is 3.25. The highest BCUT2D eigenvalue weighted by atomic mass is 127. The molecule has 0 fully saturated rings. The van der Waals surface area contributed by atoms with Crippen molar-refractivity contribution in [1.82, 2.24) is 20.4 Å². The summed E-state index contributed by atoms with van der Waals surface area (Å²) in [5.41, 5.74) is 1.50. The Morgan fingerprint density at radius 3 is 2.83 bits per heavy atom. The molecular formula is C15H20BrFIN5O. The normalized spacial score (nSPS) is 12.5. The van der Waals surface area contributed by atoms with Crippen molar-refractivity contribution in [2.45, 2.75) is 12.6 Å². The lowest BCUT2D eigenvalue weighted by atomic mass is 10.2. The smallest absolute Gasteiger partial charge is 0.191 e. The van der Waals surface area contributed by atoms with Crippen LogP contribution in [0.5, 0.6) is 0 Å². The number of hydrogen-bond acceptors (Lipinski definition) is 3. The van der Waals surface area contributed by atoms with Gasteiger partial charge in [-0.15, -0.1) is 24.0 Å². The summed E-state index contributed by atoms with van der Waals surface area (Å²) in [6, 6.07) is 4.51. The van der Waals surface area contributed by atoms with Gasteiger partial charge in [-0.05, 0) is 23.8 Å². The van der Waals surface area contributed by atoms with E-state index in [0.29, 0.717) is 12.5 Å². The first-order valence-corrected chi connectivity index (χ1v) is 7.84. The van der Waals surface area contributed by atoms with Gasteiger partial charge in [-0.1, -0.05) is 15.9 Å². The summed E-state index contributed by atoms with van der Waals surface area (Å²) >= 11 is 3.38. The van der Waals surface area contributed by atoms with Crippen LogP contribution >= 0.6 is 39.9 Å². The number of nitrogens with one attached hydrogen (secondary N) is 2. The molecular weight excluding hydrogens is 492 g/mol. The molecule has 0 bridgehead atoms. The number of nitrogens with zero attached hydrogens (tertiary/aromatic N) is 3. The zero-order valence-electron chi connectivity index (χ0n) is 13.3. The van der Waals surface area contributed by atoms with Gasteiger partial charge in [0.05, 0.1) is 12.3 Å². The second kappa shape index (κ2) is 9.94. The van der Waals surface area contributed by atoms with E-state index >= 15 is 0 Å². The van der Waals surface area contributed by atoms with Gasteiger partial charge in [-0.25, -0.2) is 4.39 Å². The van der Waals surface area contributed by atoms with E-state index in [0.717, 1.165) is 15.6 Å². The van der Waals surface area contributed by atoms with Gasteiger partial charge in [0.2, 0.25) is 0 Å². The summed E-state index contributed by atoms with van der Waals surface area (Å²) in [7, 11) is 3.42. The van der Waals surface area contributed by atoms with Crippen LogP contribution in [0.2, 0.25) is 0 Å². The van der Waals surface area contributed by atoms with Crippen LogP contribution in [0.1, 0.15) is 17.2 Å². The van der Waals surface area contributed by atoms with E-state index in [1.165, 1.54) is 12.1 Å². The zero-order chi connectivity index (χ0) is 16.8. The lowest BCUT2D eigenvalue weighted by Crippen LogP contribution is -2.39. The molecule has 1 aromatic carbocycles. The monoisotopic (exact) mass is 511 g/mol. The van der Waals surface area contributed by atoms with Crippen molar-refractivity contribution in [3.05, 3.63) is 52.0 Å². The predicted octanol–water partition coefficient (Wildman–Crippen LogP) is 2.34. The van der Waals surface area contributed by atoms with Crippen molar-refractivity contribution in [2.24, 2.45) is 12.0 Å². The maximum absolute atomic E-state index is 13.3. The summed E-state index contributed by atoms with van der Waals surface area (Å²) in [5, 5.41) is 20.2.